The monoisotopic (exact) mass is 371 g/mol. The summed E-state index contributed by atoms with van der Waals surface area (Å²) in [7, 11) is 0. The Balaban J connectivity index is 2.05. The van der Waals surface area contributed by atoms with E-state index in [0.717, 1.165) is 28.8 Å². The van der Waals surface area contributed by atoms with Crippen molar-refractivity contribution in [1.82, 2.24) is 4.98 Å². The molecule has 1 heterocycles. The van der Waals surface area contributed by atoms with E-state index in [4.69, 9.17) is 16.3 Å². The fourth-order valence-electron chi connectivity index (χ4n) is 3.58. The quantitative estimate of drug-likeness (QED) is 0.716. The van der Waals surface area contributed by atoms with Gasteiger partial charge in [0, 0.05) is 16.8 Å². The first-order valence-corrected chi connectivity index (χ1v) is 9.87. The average Bonchev–Trinajstić information content (AvgIpc) is 3.15. The van der Waals surface area contributed by atoms with Crippen LogP contribution in [0.25, 0.3) is 5.57 Å². The van der Waals surface area contributed by atoms with E-state index in [1.807, 2.05) is 44.2 Å². The van der Waals surface area contributed by atoms with Crippen molar-refractivity contribution < 1.29 is 4.74 Å². The van der Waals surface area contributed by atoms with Crippen molar-refractivity contribution in [2.45, 2.75) is 46.0 Å². The maximum Gasteiger partial charge on any atom is 0.251 e. The summed E-state index contributed by atoms with van der Waals surface area (Å²) in [5, 5.41) is 0.592. The van der Waals surface area contributed by atoms with Gasteiger partial charge in [0.25, 0.3) is 5.56 Å². The first kappa shape index (κ1) is 18.8. The summed E-state index contributed by atoms with van der Waals surface area (Å²) in [5.74, 6) is 1.23. The lowest BCUT2D eigenvalue weighted by atomic mass is 9.95. The standard InChI is InChI=1S/C22H26ClNO2/c1-3-16-9-11-20(24-22(16)25)18(13-15-7-5-6-8-15)17-10-12-21(26-4-2)19(23)14-17/h9-15H,3-8H2,1-2H3,(H,24,25)/b18-13-. The molecule has 0 spiro atoms. The molecule has 0 saturated heterocycles. The molecule has 0 unspecified atom stereocenters. The van der Waals surface area contributed by atoms with Crippen LogP contribution >= 0.6 is 11.6 Å². The van der Waals surface area contributed by atoms with Crippen LogP contribution in [0.1, 0.15) is 56.4 Å². The number of H-pyrrole nitrogens is 1. The van der Waals surface area contributed by atoms with E-state index in [2.05, 4.69) is 11.1 Å². The van der Waals surface area contributed by atoms with Crippen LogP contribution in [0.2, 0.25) is 5.02 Å². The molecule has 1 aliphatic rings. The Morgan fingerprint density at radius 1 is 1.23 bits per heavy atom. The fourth-order valence-corrected chi connectivity index (χ4v) is 3.82. The topological polar surface area (TPSA) is 42.1 Å². The predicted octanol–water partition coefficient (Wildman–Crippen LogP) is 5.61. The van der Waals surface area contributed by atoms with E-state index < -0.39 is 0 Å². The van der Waals surface area contributed by atoms with Gasteiger partial charge in [-0.25, -0.2) is 0 Å². The van der Waals surface area contributed by atoms with Gasteiger partial charge in [0.05, 0.1) is 11.6 Å². The van der Waals surface area contributed by atoms with Gasteiger partial charge in [-0.15, -0.1) is 0 Å². The zero-order valence-corrected chi connectivity index (χ0v) is 16.2. The molecule has 138 valence electrons. The van der Waals surface area contributed by atoms with Gasteiger partial charge in [0.1, 0.15) is 5.75 Å². The highest BCUT2D eigenvalue weighted by Gasteiger charge is 2.17. The van der Waals surface area contributed by atoms with E-state index in [1.54, 1.807) is 0 Å². The number of nitrogens with one attached hydrogen (secondary N) is 1. The Labute approximate surface area is 160 Å². The van der Waals surface area contributed by atoms with E-state index >= 15 is 0 Å². The van der Waals surface area contributed by atoms with Gasteiger partial charge in [-0.3, -0.25) is 4.79 Å². The predicted molar refractivity (Wildman–Crippen MR) is 108 cm³/mol. The summed E-state index contributed by atoms with van der Waals surface area (Å²) in [6, 6.07) is 9.78. The van der Waals surface area contributed by atoms with Gasteiger partial charge in [-0.1, -0.05) is 49.6 Å². The molecule has 4 heteroatoms. The average molecular weight is 372 g/mol. The van der Waals surface area contributed by atoms with Crippen molar-refractivity contribution in [2.24, 2.45) is 5.92 Å². The van der Waals surface area contributed by atoms with E-state index in [0.29, 0.717) is 23.3 Å². The summed E-state index contributed by atoms with van der Waals surface area (Å²) < 4.78 is 5.55. The van der Waals surface area contributed by atoms with Crippen molar-refractivity contribution in [3.63, 3.8) is 0 Å². The van der Waals surface area contributed by atoms with Crippen molar-refractivity contribution in [3.05, 3.63) is 68.6 Å². The number of rotatable bonds is 6. The Morgan fingerprint density at radius 3 is 2.62 bits per heavy atom. The maximum atomic E-state index is 12.3. The Bertz CT molecular complexity index is 847. The van der Waals surface area contributed by atoms with Crippen molar-refractivity contribution in [3.8, 4) is 5.75 Å². The van der Waals surface area contributed by atoms with Crippen LogP contribution in [0.5, 0.6) is 5.75 Å². The Kier molecular flexibility index (Phi) is 6.20. The van der Waals surface area contributed by atoms with Gasteiger partial charge in [-0.05, 0) is 55.9 Å². The summed E-state index contributed by atoms with van der Waals surface area (Å²) >= 11 is 6.41. The SMILES string of the molecule is CCOc1ccc(/C(=C/C2CCCC2)c2ccc(CC)c(=O)[nH]2)cc1Cl. The van der Waals surface area contributed by atoms with Crippen LogP contribution in [0.4, 0.5) is 0 Å². The number of aromatic amines is 1. The molecular weight excluding hydrogens is 346 g/mol. The van der Waals surface area contributed by atoms with Crippen LogP contribution in [-0.4, -0.2) is 11.6 Å². The first-order chi connectivity index (χ1) is 12.6. The summed E-state index contributed by atoms with van der Waals surface area (Å²) in [6.45, 7) is 4.51. The molecule has 0 radical (unpaired) electrons. The number of ether oxygens (including phenoxy) is 1. The molecule has 2 aromatic rings. The lowest BCUT2D eigenvalue weighted by molar-refractivity contribution is 0.340. The smallest absolute Gasteiger partial charge is 0.251 e. The molecule has 1 aromatic carbocycles. The number of allylic oxidation sites excluding steroid dienone is 1. The minimum atomic E-state index is -0.0145. The third kappa shape index (κ3) is 4.21. The summed E-state index contributed by atoms with van der Waals surface area (Å²) in [5.41, 5.74) is 3.68. The molecule has 0 amide bonds. The van der Waals surface area contributed by atoms with Crippen LogP contribution in [0.15, 0.2) is 41.2 Å². The molecular formula is C22H26ClNO2. The third-order valence-electron chi connectivity index (χ3n) is 5.01. The number of pyridine rings is 1. The minimum Gasteiger partial charge on any atom is -0.492 e. The number of aryl methyl sites for hydroxylation is 1. The number of halogens is 1. The zero-order chi connectivity index (χ0) is 18.5. The number of hydrogen-bond acceptors (Lipinski definition) is 2. The van der Waals surface area contributed by atoms with Gasteiger partial charge in [0.2, 0.25) is 0 Å². The lowest BCUT2D eigenvalue weighted by Crippen LogP contribution is -2.13. The summed E-state index contributed by atoms with van der Waals surface area (Å²) in [6.07, 6.45) is 7.96. The van der Waals surface area contributed by atoms with Crippen LogP contribution in [-0.2, 0) is 6.42 Å². The molecule has 1 N–H and O–H groups in total. The van der Waals surface area contributed by atoms with Crippen molar-refractivity contribution >= 4 is 17.2 Å². The van der Waals surface area contributed by atoms with Gasteiger partial charge in [-0.2, -0.15) is 0 Å². The molecule has 1 aromatic heterocycles. The van der Waals surface area contributed by atoms with E-state index in [9.17, 15) is 4.79 Å². The lowest BCUT2D eigenvalue weighted by Gasteiger charge is -2.14. The molecule has 0 bridgehead atoms. The second-order valence-corrected chi connectivity index (χ2v) is 7.19. The zero-order valence-electron chi connectivity index (χ0n) is 15.5. The highest BCUT2D eigenvalue weighted by Crippen LogP contribution is 2.34. The molecule has 3 rings (SSSR count). The largest absolute Gasteiger partial charge is 0.492 e. The second-order valence-electron chi connectivity index (χ2n) is 6.78. The van der Waals surface area contributed by atoms with E-state index in [-0.39, 0.29) is 5.56 Å². The fraction of sp³-hybridized carbons (Fsp3) is 0.409. The molecule has 1 aliphatic carbocycles. The van der Waals surface area contributed by atoms with E-state index in [1.165, 1.54) is 25.7 Å². The van der Waals surface area contributed by atoms with Gasteiger partial charge >= 0.3 is 0 Å². The third-order valence-corrected chi connectivity index (χ3v) is 5.30. The molecule has 1 saturated carbocycles. The second kappa shape index (κ2) is 8.59. The van der Waals surface area contributed by atoms with Gasteiger partial charge < -0.3 is 9.72 Å². The molecule has 26 heavy (non-hydrogen) atoms. The number of hydrogen-bond donors (Lipinski definition) is 1. The van der Waals surface area contributed by atoms with Crippen LogP contribution in [0, 0.1) is 5.92 Å². The Hall–Kier alpha value is -2.00. The molecule has 3 nitrogen and oxygen atoms in total. The minimum absolute atomic E-state index is 0.0145. The van der Waals surface area contributed by atoms with Crippen LogP contribution in [0.3, 0.4) is 0 Å². The van der Waals surface area contributed by atoms with Crippen molar-refractivity contribution in [1.29, 1.82) is 0 Å². The van der Waals surface area contributed by atoms with Crippen LogP contribution < -0.4 is 10.3 Å². The highest BCUT2D eigenvalue weighted by atomic mass is 35.5. The molecule has 0 aliphatic heterocycles. The normalized spacial score (nSPS) is 15.4. The summed E-state index contributed by atoms with van der Waals surface area (Å²) in [4.78, 5) is 15.4. The number of aromatic nitrogens is 1. The highest BCUT2D eigenvalue weighted by molar-refractivity contribution is 6.32. The number of benzene rings is 1. The maximum absolute atomic E-state index is 12.3. The van der Waals surface area contributed by atoms with Gasteiger partial charge in [0.15, 0.2) is 0 Å². The molecule has 0 atom stereocenters. The Morgan fingerprint density at radius 2 is 2.00 bits per heavy atom. The van der Waals surface area contributed by atoms with Crippen molar-refractivity contribution in [2.75, 3.05) is 6.61 Å². The first-order valence-electron chi connectivity index (χ1n) is 9.49. The molecule has 1 fully saturated rings.